The van der Waals surface area contributed by atoms with Gasteiger partial charge in [-0.1, -0.05) is 19.8 Å². The SMILES string of the molecule is CCCCCOc1ccc(/C=N\NC(N)=O)cc1. The lowest BCUT2D eigenvalue weighted by Gasteiger charge is -2.05. The summed E-state index contributed by atoms with van der Waals surface area (Å²) < 4.78 is 5.57. The number of nitrogens with zero attached hydrogens (tertiary/aromatic N) is 1. The maximum Gasteiger partial charge on any atom is 0.332 e. The fourth-order valence-corrected chi connectivity index (χ4v) is 1.36. The van der Waals surface area contributed by atoms with E-state index < -0.39 is 6.03 Å². The van der Waals surface area contributed by atoms with Gasteiger partial charge in [-0.25, -0.2) is 10.2 Å². The third kappa shape index (κ3) is 5.89. The van der Waals surface area contributed by atoms with E-state index in [4.69, 9.17) is 10.5 Å². The molecule has 0 spiro atoms. The molecular formula is C13H19N3O2. The molecule has 0 aliphatic rings. The van der Waals surface area contributed by atoms with Gasteiger partial charge in [0.25, 0.3) is 0 Å². The van der Waals surface area contributed by atoms with E-state index in [0.29, 0.717) is 0 Å². The fourth-order valence-electron chi connectivity index (χ4n) is 1.36. The van der Waals surface area contributed by atoms with Gasteiger partial charge in [0, 0.05) is 0 Å². The van der Waals surface area contributed by atoms with Crippen LogP contribution in [0, 0.1) is 0 Å². The van der Waals surface area contributed by atoms with Crippen LogP contribution in [0.25, 0.3) is 0 Å². The van der Waals surface area contributed by atoms with Crippen molar-refractivity contribution < 1.29 is 9.53 Å². The van der Waals surface area contributed by atoms with Crippen molar-refractivity contribution in [1.82, 2.24) is 5.43 Å². The summed E-state index contributed by atoms with van der Waals surface area (Å²) in [6.45, 7) is 2.90. The topological polar surface area (TPSA) is 76.7 Å². The summed E-state index contributed by atoms with van der Waals surface area (Å²) in [5.41, 5.74) is 7.88. The highest BCUT2D eigenvalue weighted by Crippen LogP contribution is 2.11. The quantitative estimate of drug-likeness (QED) is 0.442. The van der Waals surface area contributed by atoms with Crippen molar-refractivity contribution >= 4 is 12.2 Å². The van der Waals surface area contributed by atoms with Gasteiger partial charge in [-0.3, -0.25) is 0 Å². The zero-order valence-electron chi connectivity index (χ0n) is 10.6. The van der Waals surface area contributed by atoms with E-state index in [1.165, 1.54) is 19.1 Å². The average molecular weight is 249 g/mol. The molecule has 0 unspecified atom stereocenters. The van der Waals surface area contributed by atoms with Crippen molar-refractivity contribution in [2.24, 2.45) is 10.8 Å². The standard InChI is InChI=1S/C13H19N3O2/c1-2-3-4-9-18-12-7-5-11(6-8-12)10-15-16-13(14)17/h5-8,10H,2-4,9H2,1H3,(H3,14,16,17)/b15-10-. The minimum Gasteiger partial charge on any atom is -0.494 e. The molecule has 0 saturated heterocycles. The Bertz CT molecular complexity index is 388. The first-order valence-electron chi connectivity index (χ1n) is 6.03. The normalized spacial score (nSPS) is 10.5. The van der Waals surface area contributed by atoms with Gasteiger partial charge in [-0.05, 0) is 36.2 Å². The van der Waals surface area contributed by atoms with Crippen LogP contribution in [0.3, 0.4) is 0 Å². The van der Waals surface area contributed by atoms with E-state index in [2.05, 4.69) is 17.5 Å². The first-order valence-corrected chi connectivity index (χ1v) is 6.03. The van der Waals surface area contributed by atoms with Crippen molar-refractivity contribution in [2.45, 2.75) is 26.2 Å². The van der Waals surface area contributed by atoms with Crippen LogP contribution in [-0.2, 0) is 0 Å². The third-order valence-electron chi connectivity index (χ3n) is 2.29. The molecule has 0 saturated carbocycles. The molecule has 0 aliphatic heterocycles. The molecular weight excluding hydrogens is 230 g/mol. The Labute approximate surface area is 107 Å². The number of ether oxygens (including phenoxy) is 1. The average Bonchev–Trinajstić information content (AvgIpc) is 2.36. The number of carbonyl (C=O) groups is 1. The summed E-state index contributed by atoms with van der Waals surface area (Å²) in [5, 5.41) is 3.67. The van der Waals surface area contributed by atoms with Crippen molar-refractivity contribution in [2.75, 3.05) is 6.61 Å². The number of hydrogen-bond donors (Lipinski definition) is 2. The number of benzene rings is 1. The molecule has 2 amide bonds. The minimum absolute atomic E-state index is 0.679. The summed E-state index contributed by atoms with van der Waals surface area (Å²) in [6, 6.07) is 6.79. The number of unbranched alkanes of at least 4 members (excludes halogenated alkanes) is 2. The number of primary amides is 1. The molecule has 1 aromatic carbocycles. The lowest BCUT2D eigenvalue weighted by Crippen LogP contribution is -2.24. The summed E-state index contributed by atoms with van der Waals surface area (Å²) >= 11 is 0. The van der Waals surface area contributed by atoms with E-state index in [1.54, 1.807) is 0 Å². The lowest BCUT2D eigenvalue weighted by atomic mass is 10.2. The number of carbonyl (C=O) groups excluding carboxylic acids is 1. The van der Waals surface area contributed by atoms with E-state index in [0.717, 1.165) is 24.3 Å². The van der Waals surface area contributed by atoms with Crippen molar-refractivity contribution in [3.8, 4) is 5.75 Å². The zero-order chi connectivity index (χ0) is 13.2. The highest BCUT2D eigenvalue weighted by Gasteiger charge is 1.94. The Kier molecular flexibility index (Phi) is 6.32. The smallest absolute Gasteiger partial charge is 0.332 e. The Hall–Kier alpha value is -2.04. The van der Waals surface area contributed by atoms with Crippen LogP contribution in [0.5, 0.6) is 5.75 Å². The van der Waals surface area contributed by atoms with E-state index in [1.807, 2.05) is 24.3 Å². The molecule has 0 bridgehead atoms. The Morgan fingerprint density at radius 2 is 2.11 bits per heavy atom. The second kappa shape index (κ2) is 8.11. The van der Waals surface area contributed by atoms with Gasteiger partial charge in [0.15, 0.2) is 0 Å². The number of hydrazone groups is 1. The highest BCUT2D eigenvalue weighted by atomic mass is 16.5. The van der Waals surface area contributed by atoms with Gasteiger partial charge in [-0.2, -0.15) is 5.10 Å². The third-order valence-corrected chi connectivity index (χ3v) is 2.29. The predicted octanol–water partition coefficient (Wildman–Crippen LogP) is 2.26. The molecule has 0 heterocycles. The van der Waals surface area contributed by atoms with E-state index in [9.17, 15) is 4.79 Å². The molecule has 1 rings (SSSR count). The first-order chi connectivity index (χ1) is 8.72. The van der Waals surface area contributed by atoms with Crippen LogP contribution in [-0.4, -0.2) is 18.9 Å². The predicted molar refractivity (Wildman–Crippen MR) is 71.8 cm³/mol. The van der Waals surface area contributed by atoms with Gasteiger partial charge in [0.05, 0.1) is 12.8 Å². The number of urea groups is 1. The van der Waals surface area contributed by atoms with Crippen LogP contribution in [0.4, 0.5) is 4.79 Å². The van der Waals surface area contributed by atoms with Crippen LogP contribution < -0.4 is 15.9 Å². The van der Waals surface area contributed by atoms with Crippen molar-refractivity contribution in [3.63, 3.8) is 0 Å². The molecule has 1 aromatic rings. The molecule has 5 nitrogen and oxygen atoms in total. The second-order valence-corrected chi connectivity index (χ2v) is 3.86. The highest BCUT2D eigenvalue weighted by molar-refractivity contribution is 5.81. The maximum atomic E-state index is 10.4. The summed E-state index contributed by atoms with van der Waals surface area (Å²) in [4.78, 5) is 10.4. The molecule has 0 fully saturated rings. The summed E-state index contributed by atoms with van der Waals surface area (Å²) in [5.74, 6) is 0.839. The van der Waals surface area contributed by atoms with Gasteiger partial charge >= 0.3 is 6.03 Å². The molecule has 98 valence electrons. The summed E-state index contributed by atoms with van der Waals surface area (Å²) in [7, 11) is 0. The van der Waals surface area contributed by atoms with Crippen LogP contribution in [0.1, 0.15) is 31.7 Å². The molecule has 3 N–H and O–H groups in total. The van der Waals surface area contributed by atoms with Crippen molar-refractivity contribution in [1.29, 1.82) is 0 Å². The maximum absolute atomic E-state index is 10.4. The van der Waals surface area contributed by atoms with E-state index in [-0.39, 0.29) is 0 Å². The summed E-state index contributed by atoms with van der Waals surface area (Å²) in [6.07, 6.45) is 4.96. The van der Waals surface area contributed by atoms with Gasteiger partial charge in [0.2, 0.25) is 0 Å². The van der Waals surface area contributed by atoms with Gasteiger partial charge in [0.1, 0.15) is 5.75 Å². The molecule has 18 heavy (non-hydrogen) atoms. The molecule has 0 atom stereocenters. The number of rotatable bonds is 7. The lowest BCUT2D eigenvalue weighted by molar-refractivity contribution is 0.249. The Morgan fingerprint density at radius 3 is 2.72 bits per heavy atom. The van der Waals surface area contributed by atoms with Gasteiger partial charge in [-0.15, -0.1) is 0 Å². The molecule has 5 heteroatoms. The van der Waals surface area contributed by atoms with Crippen molar-refractivity contribution in [3.05, 3.63) is 29.8 Å². The van der Waals surface area contributed by atoms with Crippen LogP contribution >= 0.6 is 0 Å². The Balaban J connectivity index is 2.37. The monoisotopic (exact) mass is 249 g/mol. The number of hydrogen-bond acceptors (Lipinski definition) is 3. The number of amides is 2. The zero-order valence-corrected chi connectivity index (χ0v) is 10.6. The molecule has 0 aliphatic carbocycles. The molecule has 0 aromatic heterocycles. The fraction of sp³-hybridized carbons (Fsp3) is 0.385. The van der Waals surface area contributed by atoms with Crippen LogP contribution in [0.2, 0.25) is 0 Å². The minimum atomic E-state index is -0.679. The second-order valence-electron chi connectivity index (χ2n) is 3.86. The largest absolute Gasteiger partial charge is 0.494 e. The van der Waals surface area contributed by atoms with E-state index >= 15 is 0 Å². The molecule has 0 radical (unpaired) electrons. The van der Waals surface area contributed by atoms with Crippen LogP contribution in [0.15, 0.2) is 29.4 Å². The van der Waals surface area contributed by atoms with Gasteiger partial charge < -0.3 is 10.5 Å². The first kappa shape index (κ1) is 14.0. The number of nitrogens with one attached hydrogen (secondary N) is 1. The Morgan fingerprint density at radius 1 is 1.39 bits per heavy atom. The number of nitrogens with two attached hydrogens (primary N) is 1.